The quantitative estimate of drug-likeness (QED) is 0.0531. The van der Waals surface area contributed by atoms with Crippen molar-refractivity contribution >= 4 is 80.6 Å². The van der Waals surface area contributed by atoms with Crippen molar-refractivity contribution in [2.45, 2.75) is 192 Å². The number of amides is 8. The van der Waals surface area contributed by atoms with E-state index in [4.69, 9.17) is 29.4 Å². The number of sulfonamides is 1. The zero-order valence-corrected chi connectivity index (χ0v) is 58.8. The molecule has 11 atom stereocenters. The molecule has 1 unspecified atom stereocenters. The average Bonchev–Trinajstić information content (AvgIpc) is 1.30. The zero-order valence-electron chi connectivity index (χ0n) is 57.2. The lowest BCUT2D eigenvalue weighted by atomic mass is 9.88. The van der Waals surface area contributed by atoms with E-state index in [-0.39, 0.29) is 160 Å². The third-order valence-corrected chi connectivity index (χ3v) is 19.8. The molecule has 2 fully saturated rings. The van der Waals surface area contributed by atoms with E-state index in [0.717, 1.165) is 0 Å². The molecular formula is C65H108N8O17S2. The topological polar surface area (TPSA) is 326 Å². The summed E-state index contributed by atoms with van der Waals surface area (Å²) in [6.07, 6.45) is 2.54. The van der Waals surface area contributed by atoms with Gasteiger partial charge in [-0.1, -0.05) is 87.3 Å². The summed E-state index contributed by atoms with van der Waals surface area (Å²) in [5.74, 6) is -6.34. The number of carbonyl (C=O) groups excluding carboxylic acids is 10. The first-order valence-electron chi connectivity index (χ1n) is 32.3. The Morgan fingerprint density at radius 3 is 1.91 bits per heavy atom. The predicted molar refractivity (Wildman–Crippen MR) is 349 cm³/mol. The third-order valence-electron chi connectivity index (χ3n) is 17.5. The van der Waals surface area contributed by atoms with Gasteiger partial charge in [-0.2, -0.15) is 11.8 Å². The number of thioether (sulfide) groups is 1. The Hall–Kier alpha value is -5.42. The molecule has 5 N–H and O–H groups in total. The van der Waals surface area contributed by atoms with E-state index in [9.17, 15) is 56.4 Å². The summed E-state index contributed by atoms with van der Waals surface area (Å²) in [4.78, 5) is 139. The maximum absolute atomic E-state index is 14.5. The van der Waals surface area contributed by atoms with Gasteiger partial charge in [-0.15, -0.1) is 0 Å². The van der Waals surface area contributed by atoms with Crippen molar-refractivity contribution in [3.05, 3.63) is 29.8 Å². The molecule has 27 heteroatoms. The number of likely N-dealkylation sites (N-methyl/N-ethyl adjacent to an activating group) is 2. The minimum atomic E-state index is -4.49. The summed E-state index contributed by atoms with van der Waals surface area (Å²) in [6, 6.07) is 1.84. The number of rotatable bonds is 45. The minimum absolute atomic E-state index is 0.0183. The van der Waals surface area contributed by atoms with Gasteiger partial charge in [-0.25, -0.2) is 13.1 Å². The zero-order chi connectivity index (χ0) is 69.2. The van der Waals surface area contributed by atoms with Gasteiger partial charge in [0.05, 0.1) is 105 Å². The summed E-state index contributed by atoms with van der Waals surface area (Å²) in [5, 5.41) is 5.51. The molecule has 0 bridgehead atoms. The number of nitrogens with zero attached hydrogens (tertiary/aromatic N) is 4. The van der Waals surface area contributed by atoms with E-state index < -0.39 is 87.8 Å². The molecule has 2 aliphatic heterocycles. The number of ketones is 2. The van der Waals surface area contributed by atoms with Crippen LogP contribution in [0.1, 0.15) is 139 Å². The number of ether oxygens (including phenoxy) is 5. The standard InChI is InChI=1S/C65H108N8O17S2/c1-16-43(8)59(71(12)65(83)57(41(4)5)68-63(81)58(42(6)7)70(10)11)52(86-13)38-55(77)72-28-19-21-50(72)60(87-14)44(9)61(79)69-92(84,85)47-25-23-45(24-26-47)36-51(75)49(20-17-18-22-54(66)76)67-62(80)48(40(2)3)37-46(74)27-30-88-32-34-90-35-33-89-31-29-73-56(78)39-53(91-15)64(73)82/h23-26,40-44,48-50,52-53,57-60H,16-22,27-39H2,1-15H3,(H2,66,76)(H,67,80)(H,68,81)(H,69,79)/t43-,44+,48-,49-,50-,52+,53?,57-,58-,59-,60+/m0/s1. The first-order chi connectivity index (χ1) is 43.4. The summed E-state index contributed by atoms with van der Waals surface area (Å²) in [7, 11) is 3.71. The molecule has 1 aromatic carbocycles. The highest BCUT2D eigenvalue weighted by Crippen LogP contribution is 2.31. The molecule has 2 aliphatic rings. The number of hydrogen-bond acceptors (Lipinski definition) is 19. The number of imide groups is 1. The number of likely N-dealkylation sites (tertiary alicyclic amines) is 2. The smallest absolute Gasteiger partial charge is 0.264 e. The monoisotopic (exact) mass is 1340 g/mol. The fourth-order valence-corrected chi connectivity index (χ4v) is 13.7. The largest absolute Gasteiger partial charge is 0.379 e. The molecule has 0 aliphatic carbocycles. The van der Waals surface area contributed by atoms with Gasteiger partial charge in [-0.3, -0.25) is 57.7 Å². The van der Waals surface area contributed by atoms with E-state index in [1.807, 2.05) is 60.5 Å². The van der Waals surface area contributed by atoms with Crippen LogP contribution in [0.4, 0.5) is 0 Å². The second-order valence-electron chi connectivity index (χ2n) is 25.5. The number of unbranched alkanes of at least 4 members (excludes halogenated alkanes) is 1. The van der Waals surface area contributed by atoms with Gasteiger partial charge in [0.15, 0.2) is 5.78 Å². The summed E-state index contributed by atoms with van der Waals surface area (Å²) >= 11 is 1.35. The third kappa shape index (κ3) is 24.7. The number of hydrogen-bond donors (Lipinski definition) is 4. The van der Waals surface area contributed by atoms with Crippen LogP contribution in [0.5, 0.6) is 0 Å². The van der Waals surface area contributed by atoms with Crippen LogP contribution in [-0.4, -0.2) is 229 Å². The fraction of sp³-hybridized carbons (Fsp3) is 0.754. The van der Waals surface area contributed by atoms with Crippen LogP contribution in [0.3, 0.4) is 0 Å². The number of benzene rings is 1. The molecule has 0 aromatic heterocycles. The van der Waals surface area contributed by atoms with Crippen LogP contribution in [0.25, 0.3) is 0 Å². The van der Waals surface area contributed by atoms with Crippen molar-refractivity contribution in [3.8, 4) is 0 Å². The number of Topliss-reactive ketones (excluding diaryl/α,β-unsaturated/α-hetero) is 2. The molecular weight excluding hydrogens is 1230 g/mol. The molecule has 2 heterocycles. The van der Waals surface area contributed by atoms with Crippen LogP contribution >= 0.6 is 11.8 Å². The van der Waals surface area contributed by atoms with Crippen molar-refractivity contribution in [2.24, 2.45) is 41.2 Å². The minimum Gasteiger partial charge on any atom is -0.379 e. The highest BCUT2D eigenvalue weighted by molar-refractivity contribution is 8.00. The lowest BCUT2D eigenvalue weighted by Gasteiger charge is -2.41. The number of nitrogens with one attached hydrogen (secondary N) is 3. The molecule has 3 rings (SSSR count). The maximum atomic E-state index is 14.5. The molecule has 92 heavy (non-hydrogen) atoms. The molecule has 522 valence electrons. The Morgan fingerprint density at radius 1 is 0.761 bits per heavy atom. The van der Waals surface area contributed by atoms with Crippen molar-refractivity contribution in [3.63, 3.8) is 0 Å². The van der Waals surface area contributed by atoms with E-state index in [2.05, 4.69) is 15.4 Å². The molecule has 0 spiro atoms. The van der Waals surface area contributed by atoms with Gasteiger partial charge in [0.25, 0.3) is 10.0 Å². The Morgan fingerprint density at radius 2 is 1.38 bits per heavy atom. The highest BCUT2D eigenvalue weighted by Gasteiger charge is 2.44. The highest BCUT2D eigenvalue weighted by atomic mass is 32.2. The van der Waals surface area contributed by atoms with Gasteiger partial charge >= 0.3 is 0 Å². The number of carbonyl (C=O) groups is 10. The molecule has 1 aromatic rings. The Kier molecular flexibility index (Phi) is 35.2. The fourth-order valence-electron chi connectivity index (χ4n) is 12.0. The number of methoxy groups -OCH3 is 2. The van der Waals surface area contributed by atoms with Crippen LogP contribution in [0.2, 0.25) is 0 Å². The van der Waals surface area contributed by atoms with Gasteiger partial charge in [0.1, 0.15) is 11.8 Å². The van der Waals surface area contributed by atoms with E-state index in [1.165, 1.54) is 62.1 Å². The summed E-state index contributed by atoms with van der Waals surface area (Å²) in [5.41, 5.74) is 5.77. The average molecular weight is 1340 g/mol. The summed E-state index contributed by atoms with van der Waals surface area (Å²) in [6.45, 7) is 18.5. The van der Waals surface area contributed by atoms with Crippen molar-refractivity contribution in [1.82, 2.24) is 35.0 Å². The van der Waals surface area contributed by atoms with Crippen LogP contribution in [-0.2, 0) is 88.1 Å². The maximum Gasteiger partial charge on any atom is 0.264 e. The predicted octanol–water partition coefficient (Wildman–Crippen LogP) is 3.94. The SMILES string of the molecule is CC[C@H](C)[C@@H]([C@@H](CC(=O)N1CCC[C@H]1[C@H](OC)[C@@H](C)C(=O)NS(=O)(=O)c1ccc(CC(=O)[C@H](CCCCC(N)=O)NC(=O)[C@@H](CC(=O)CCOCCOCCOCCN2C(=O)CC(SC)C2=O)C(C)C)cc1)OC)N(C)C(=O)[C@@H](NC(=O)[C@H](C(C)C)N(C)C)C(C)C. The van der Waals surface area contributed by atoms with E-state index in [0.29, 0.717) is 44.2 Å². The van der Waals surface area contributed by atoms with Gasteiger partial charge in [0.2, 0.25) is 47.3 Å². The normalized spacial score (nSPS) is 18.3. The van der Waals surface area contributed by atoms with Crippen molar-refractivity contribution < 1.29 is 80.0 Å². The Balaban J connectivity index is 1.62. The Bertz CT molecular complexity index is 2690. The molecule has 0 saturated carbocycles. The molecule has 2 saturated heterocycles. The van der Waals surface area contributed by atoms with Crippen LogP contribution < -0.4 is 21.1 Å². The van der Waals surface area contributed by atoms with E-state index in [1.54, 1.807) is 37.0 Å². The van der Waals surface area contributed by atoms with Crippen LogP contribution in [0, 0.1) is 35.5 Å². The van der Waals surface area contributed by atoms with E-state index >= 15 is 0 Å². The van der Waals surface area contributed by atoms with Crippen molar-refractivity contribution in [2.75, 3.05) is 94.3 Å². The first-order valence-corrected chi connectivity index (χ1v) is 35.1. The summed E-state index contributed by atoms with van der Waals surface area (Å²) < 4.78 is 58.3. The lowest BCUT2D eigenvalue weighted by Crippen LogP contribution is -2.59. The Labute approximate surface area is 550 Å². The van der Waals surface area contributed by atoms with Gasteiger partial charge in [-0.05, 0) is 87.4 Å². The van der Waals surface area contributed by atoms with Crippen LogP contribution in [0.15, 0.2) is 29.2 Å². The lowest BCUT2D eigenvalue weighted by molar-refractivity contribution is -0.148. The second-order valence-corrected chi connectivity index (χ2v) is 28.2. The molecule has 0 radical (unpaired) electrons. The van der Waals surface area contributed by atoms with Crippen molar-refractivity contribution in [1.29, 1.82) is 0 Å². The second kappa shape index (κ2) is 40.1. The number of primary amides is 1. The number of nitrogens with two attached hydrogens (primary N) is 1. The first kappa shape index (κ1) is 80.8. The molecule has 8 amide bonds. The van der Waals surface area contributed by atoms with Gasteiger partial charge in [0, 0.05) is 65.8 Å². The van der Waals surface area contributed by atoms with Gasteiger partial charge < -0.3 is 49.9 Å². The molecule has 25 nitrogen and oxygen atoms in total.